The van der Waals surface area contributed by atoms with Gasteiger partial charge in [0.1, 0.15) is 5.01 Å². The van der Waals surface area contributed by atoms with Gasteiger partial charge in [-0.15, -0.1) is 11.3 Å². The molecule has 2 N–H and O–H groups in total. The Bertz CT molecular complexity index is 509. The van der Waals surface area contributed by atoms with E-state index in [-0.39, 0.29) is 18.0 Å². The van der Waals surface area contributed by atoms with E-state index in [9.17, 15) is 9.59 Å². The SMILES string of the molecule is CCc1cnc(C(C)NC(=O)N2CCC(C(=O)O)CC2)s1. The summed E-state index contributed by atoms with van der Waals surface area (Å²) in [6.07, 6.45) is 3.84. The summed E-state index contributed by atoms with van der Waals surface area (Å²) in [6, 6.07) is -0.264. The molecule has 1 aliphatic rings. The third kappa shape index (κ3) is 3.93. The first-order chi connectivity index (χ1) is 10.0. The zero-order valence-corrected chi connectivity index (χ0v) is 13.2. The van der Waals surface area contributed by atoms with Crippen molar-refractivity contribution in [3.05, 3.63) is 16.1 Å². The van der Waals surface area contributed by atoms with Crippen molar-refractivity contribution in [3.8, 4) is 0 Å². The van der Waals surface area contributed by atoms with Crippen LogP contribution in [0.15, 0.2) is 6.20 Å². The van der Waals surface area contributed by atoms with Gasteiger partial charge in [-0.1, -0.05) is 6.92 Å². The average Bonchev–Trinajstić information content (AvgIpc) is 2.96. The largest absolute Gasteiger partial charge is 0.481 e. The van der Waals surface area contributed by atoms with Gasteiger partial charge >= 0.3 is 12.0 Å². The third-order valence-electron chi connectivity index (χ3n) is 3.76. The molecule has 0 aromatic carbocycles. The minimum Gasteiger partial charge on any atom is -0.481 e. The Hall–Kier alpha value is -1.63. The van der Waals surface area contributed by atoms with Gasteiger partial charge in [-0.05, 0) is 26.2 Å². The minimum absolute atomic E-state index is 0.125. The molecule has 1 fully saturated rings. The quantitative estimate of drug-likeness (QED) is 0.893. The van der Waals surface area contributed by atoms with Crippen molar-refractivity contribution < 1.29 is 14.7 Å². The monoisotopic (exact) mass is 311 g/mol. The summed E-state index contributed by atoms with van der Waals surface area (Å²) in [7, 11) is 0. The fourth-order valence-corrected chi connectivity index (χ4v) is 3.21. The first-order valence-electron chi connectivity index (χ1n) is 7.24. The van der Waals surface area contributed by atoms with Gasteiger partial charge < -0.3 is 15.3 Å². The number of nitrogens with zero attached hydrogens (tertiary/aromatic N) is 2. The van der Waals surface area contributed by atoms with E-state index >= 15 is 0 Å². The topological polar surface area (TPSA) is 82.5 Å². The molecule has 0 spiro atoms. The number of nitrogens with one attached hydrogen (secondary N) is 1. The molecule has 0 saturated carbocycles. The number of hydrogen-bond acceptors (Lipinski definition) is 4. The van der Waals surface area contributed by atoms with E-state index in [0.717, 1.165) is 11.4 Å². The van der Waals surface area contributed by atoms with Gasteiger partial charge in [0.05, 0.1) is 12.0 Å². The first-order valence-corrected chi connectivity index (χ1v) is 8.05. The summed E-state index contributed by atoms with van der Waals surface area (Å²) in [5.41, 5.74) is 0. The zero-order valence-electron chi connectivity index (χ0n) is 12.3. The van der Waals surface area contributed by atoms with Crippen LogP contribution in [0.4, 0.5) is 4.79 Å². The van der Waals surface area contributed by atoms with Crippen molar-refractivity contribution in [1.82, 2.24) is 15.2 Å². The van der Waals surface area contributed by atoms with Gasteiger partial charge in [0, 0.05) is 24.2 Å². The van der Waals surface area contributed by atoms with Crippen LogP contribution < -0.4 is 5.32 Å². The number of aliphatic carboxylic acids is 1. The molecule has 1 aromatic rings. The van der Waals surface area contributed by atoms with Crippen molar-refractivity contribution in [2.75, 3.05) is 13.1 Å². The van der Waals surface area contributed by atoms with Crippen molar-refractivity contribution >= 4 is 23.3 Å². The number of carbonyl (C=O) groups is 2. The number of carbonyl (C=O) groups excluding carboxylic acids is 1. The van der Waals surface area contributed by atoms with Crippen LogP contribution in [-0.2, 0) is 11.2 Å². The molecule has 1 saturated heterocycles. The van der Waals surface area contributed by atoms with E-state index in [2.05, 4.69) is 17.2 Å². The first kappa shape index (κ1) is 15.8. The van der Waals surface area contributed by atoms with Crippen LogP contribution in [0.25, 0.3) is 0 Å². The summed E-state index contributed by atoms with van der Waals surface area (Å²) in [4.78, 5) is 30.3. The van der Waals surface area contributed by atoms with Gasteiger partial charge in [0.25, 0.3) is 0 Å². The Kier molecular flexibility index (Phi) is 5.17. The van der Waals surface area contributed by atoms with Gasteiger partial charge in [-0.25, -0.2) is 9.78 Å². The predicted octanol–water partition coefficient (Wildman–Crippen LogP) is 2.27. The average molecular weight is 311 g/mol. The summed E-state index contributed by atoms with van der Waals surface area (Å²) in [5.74, 6) is -1.09. The highest BCUT2D eigenvalue weighted by atomic mass is 32.1. The number of carboxylic acid groups (broad SMARTS) is 1. The molecule has 2 rings (SSSR count). The maximum Gasteiger partial charge on any atom is 0.317 e. The number of piperidine rings is 1. The second-order valence-corrected chi connectivity index (χ2v) is 6.44. The number of rotatable bonds is 4. The van der Waals surface area contributed by atoms with Crippen LogP contribution in [0.3, 0.4) is 0 Å². The standard InChI is InChI=1S/C14H21N3O3S/c1-3-11-8-15-12(21-11)9(2)16-14(20)17-6-4-10(5-7-17)13(18)19/h8-10H,3-7H2,1-2H3,(H,16,20)(H,18,19). The van der Waals surface area contributed by atoms with Gasteiger partial charge in [-0.3, -0.25) is 4.79 Å². The molecule has 6 nitrogen and oxygen atoms in total. The summed E-state index contributed by atoms with van der Waals surface area (Å²) in [6.45, 7) is 4.98. The molecule has 7 heteroatoms. The third-order valence-corrected chi connectivity index (χ3v) is 5.09. The lowest BCUT2D eigenvalue weighted by molar-refractivity contribution is -0.143. The van der Waals surface area contributed by atoms with Gasteiger partial charge in [0.15, 0.2) is 0 Å². The van der Waals surface area contributed by atoms with Crippen LogP contribution in [0.1, 0.15) is 42.6 Å². The molecule has 116 valence electrons. The van der Waals surface area contributed by atoms with Crippen LogP contribution >= 0.6 is 11.3 Å². The maximum atomic E-state index is 12.2. The highest BCUT2D eigenvalue weighted by molar-refractivity contribution is 7.11. The Morgan fingerprint density at radius 2 is 2.19 bits per heavy atom. The number of amides is 2. The molecule has 0 aliphatic carbocycles. The fourth-order valence-electron chi connectivity index (χ4n) is 2.35. The highest BCUT2D eigenvalue weighted by Gasteiger charge is 2.27. The maximum absolute atomic E-state index is 12.2. The van der Waals surface area contributed by atoms with E-state index in [0.29, 0.717) is 25.9 Å². The number of aromatic nitrogens is 1. The van der Waals surface area contributed by atoms with Gasteiger partial charge in [-0.2, -0.15) is 0 Å². The lowest BCUT2D eigenvalue weighted by atomic mass is 9.97. The number of urea groups is 1. The molecule has 2 heterocycles. The Balaban J connectivity index is 1.85. The van der Waals surface area contributed by atoms with E-state index < -0.39 is 5.97 Å². The molecular weight excluding hydrogens is 290 g/mol. The van der Waals surface area contributed by atoms with Crippen LogP contribution in [0.5, 0.6) is 0 Å². The lowest BCUT2D eigenvalue weighted by Gasteiger charge is -2.31. The lowest BCUT2D eigenvalue weighted by Crippen LogP contribution is -2.46. The minimum atomic E-state index is -0.765. The van der Waals surface area contributed by atoms with Crippen LogP contribution in [0, 0.1) is 5.92 Å². The number of likely N-dealkylation sites (tertiary alicyclic amines) is 1. The van der Waals surface area contributed by atoms with Gasteiger partial charge in [0.2, 0.25) is 0 Å². The zero-order chi connectivity index (χ0) is 15.4. The Labute approximate surface area is 128 Å². The molecule has 1 atom stereocenters. The molecular formula is C14H21N3O3S. The van der Waals surface area contributed by atoms with Crippen LogP contribution in [0.2, 0.25) is 0 Å². The fraction of sp³-hybridized carbons (Fsp3) is 0.643. The Morgan fingerprint density at radius 3 is 2.71 bits per heavy atom. The van der Waals surface area contributed by atoms with Crippen molar-refractivity contribution in [2.24, 2.45) is 5.92 Å². The van der Waals surface area contributed by atoms with E-state index in [1.165, 1.54) is 4.88 Å². The predicted molar refractivity (Wildman–Crippen MR) is 80.4 cm³/mol. The molecule has 21 heavy (non-hydrogen) atoms. The molecule has 0 radical (unpaired) electrons. The van der Waals surface area contributed by atoms with Crippen molar-refractivity contribution in [2.45, 2.75) is 39.2 Å². The van der Waals surface area contributed by atoms with Crippen LogP contribution in [-0.4, -0.2) is 40.1 Å². The second-order valence-electron chi connectivity index (χ2n) is 5.29. The van der Waals surface area contributed by atoms with E-state index in [1.54, 1.807) is 16.2 Å². The second kappa shape index (κ2) is 6.89. The number of carboxylic acids is 1. The molecule has 0 bridgehead atoms. The Morgan fingerprint density at radius 1 is 1.52 bits per heavy atom. The van der Waals surface area contributed by atoms with Crippen molar-refractivity contribution in [3.63, 3.8) is 0 Å². The molecule has 1 unspecified atom stereocenters. The molecule has 2 amide bonds. The number of hydrogen-bond donors (Lipinski definition) is 2. The summed E-state index contributed by atoms with van der Waals surface area (Å²) in [5, 5.41) is 12.8. The summed E-state index contributed by atoms with van der Waals surface area (Å²) < 4.78 is 0. The normalized spacial score (nSPS) is 17.5. The smallest absolute Gasteiger partial charge is 0.317 e. The highest BCUT2D eigenvalue weighted by Crippen LogP contribution is 2.21. The molecule has 1 aliphatic heterocycles. The molecule has 1 aromatic heterocycles. The van der Waals surface area contributed by atoms with Crippen molar-refractivity contribution in [1.29, 1.82) is 0 Å². The van der Waals surface area contributed by atoms with E-state index in [1.807, 2.05) is 13.1 Å². The summed E-state index contributed by atoms with van der Waals surface area (Å²) >= 11 is 1.61. The van der Waals surface area contributed by atoms with E-state index in [4.69, 9.17) is 5.11 Å². The number of thiazole rings is 1. The number of aryl methyl sites for hydroxylation is 1.